The van der Waals surface area contributed by atoms with E-state index in [1.54, 1.807) is 11.3 Å². The van der Waals surface area contributed by atoms with Gasteiger partial charge >= 0.3 is 0 Å². The summed E-state index contributed by atoms with van der Waals surface area (Å²) < 4.78 is 7.64. The van der Waals surface area contributed by atoms with E-state index in [9.17, 15) is 0 Å². The maximum Gasteiger partial charge on any atom is 0.216 e. The SMILES string of the molecule is CCCOc1ccc(-c2csc3nnc(C(C)N)n23)cc1. The maximum absolute atomic E-state index is 5.97. The number of hydrogen-bond donors (Lipinski definition) is 1. The lowest BCUT2D eigenvalue weighted by Gasteiger charge is -2.07. The summed E-state index contributed by atoms with van der Waals surface area (Å²) in [5.74, 6) is 1.68. The van der Waals surface area contributed by atoms with Crippen molar-refractivity contribution in [2.75, 3.05) is 6.61 Å². The van der Waals surface area contributed by atoms with Gasteiger partial charge in [0, 0.05) is 5.38 Å². The number of nitrogens with two attached hydrogens (primary N) is 1. The molecule has 0 aliphatic rings. The molecule has 0 aliphatic heterocycles. The van der Waals surface area contributed by atoms with E-state index in [4.69, 9.17) is 10.5 Å². The average molecular weight is 302 g/mol. The van der Waals surface area contributed by atoms with Crippen molar-refractivity contribution in [2.24, 2.45) is 5.73 Å². The molecule has 110 valence electrons. The normalized spacial score (nSPS) is 12.7. The van der Waals surface area contributed by atoms with Gasteiger partial charge in [0.1, 0.15) is 5.75 Å². The van der Waals surface area contributed by atoms with E-state index in [2.05, 4.69) is 34.6 Å². The number of thiazole rings is 1. The van der Waals surface area contributed by atoms with E-state index in [1.807, 2.05) is 23.5 Å². The van der Waals surface area contributed by atoms with E-state index in [1.165, 1.54) is 0 Å². The highest BCUT2D eigenvalue weighted by Crippen LogP contribution is 2.29. The highest BCUT2D eigenvalue weighted by atomic mass is 32.1. The Morgan fingerprint density at radius 2 is 2.05 bits per heavy atom. The van der Waals surface area contributed by atoms with Gasteiger partial charge in [-0.3, -0.25) is 4.40 Å². The number of hydrogen-bond acceptors (Lipinski definition) is 5. The van der Waals surface area contributed by atoms with Crippen molar-refractivity contribution in [3.05, 3.63) is 35.5 Å². The molecule has 0 spiro atoms. The molecule has 2 heterocycles. The Labute approximate surface area is 127 Å². The van der Waals surface area contributed by atoms with Crippen molar-refractivity contribution in [3.8, 4) is 17.0 Å². The number of nitrogens with zero attached hydrogens (tertiary/aromatic N) is 3. The highest BCUT2D eigenvalue weighted by molar-refractivity contribution is 7.15. The Kier molecular flexibility index (Phi) is 3.90. The summed E-state index contributed by atoms with van der Waals surface area (Å²) >= 11 is 1.57. The lowest BCUT2D eigenvalue weighted by atomic mass is 10.1. The van der Waals surface area contributed by atoms with Crippen LogP contribution < -0.4 is 10.5 Å². The number of aromatic nitrogens is 3. The Hall–Kier alpha value is -1.92. The van der Waals surface area contributed by atoms with E-state index < -0.39 is 0 Å². The van der Waals surface area contributed by atoms with Crippen molar-refractivity contribution >= 4 is 16.3 Å². The average Bonchev–Trinajstić information content (AvgIpc) is 3.07. The maximum atomic E-state index is 5.97. The molecule has 3 aromatic rings. The fourth-order valence-corrected chi connectivity index (χ4v) is 3.02. The van der Waals surface area contributed by atoms with Crippen molar-refractivity contribution in [3.63, 3.8) is 0 Å². The van der Waals surface area contributed by atoms with Crippen molar-refractivity contribution in [2.45, 2.75) is 26.3 Å². The van der Waals surface area contributed by atoms with Gasteiger partial charge in [0.2, 0.25) is 4.96 Å². The van der Waals surface area contributed by atoms with Crippen molar-refractivity contribution in [1.82, 2.24) is 14.6 Å². The van der Waals surface area contributed by atoms with Gasteiger partial charge in [-0.2, -0.15) is 0 Å². The summed E-state index contributed by atoms with van der Waals surface area (Å²) in [5.41, 5.74) is 8.14. The molecule has 0 saturated carbocycles. The molecule has 0 saturated heterocycles. The second-order valence-electron chi connectivity index (χ2n) is 4.96. The number of rotatable bonds is 5. The van der Waals surface area contributed by atoms with Crippen molar-refractivity contribution in [1.29, 1.82) is 0 Å². The first-order chi connectivity index (χ1) is 10.2. The third-order valence-corrected chi connectivity index (χ3v) is 4.02. The molecule has 1 atom stereocenters. The summed E-state index contributed by atoms with van der Waals surface area (Å²) in [4.78, 5) is 0.864. The highest BCUT2D eigenvalue weighted by Gasteiger charge is 2.15. The third kappa shape index (κ3) is 2.64. The third-order valence-electron chi connectivity index (χ3n) is 3.21. The minimum Gasteiger partial charge on any atom is -0.494 e. The van der Waals surface area contributed by atoms with Gasteiger partial charge < -0.3 is 10.5 Å². The largest absolute Gasteiger partial charge is 0.494 e. The topological polar surface area (TPSA) is 65.4 Å². The molecule has 0 amide bonds. The summed E-state index contributed by atoms with van der Waals surface area (Å²) in [7, 11) is 0. The number of benzene rings is 1. The van der Waals surface area contributed by atoms with Gasteiger partial charge in [-0.05, 0) is 43.2 Å². The van der Waals surface area contributed by atoms with E-state index in [-0.39, 0.29) is 6.04 Å². The first-order valence-electron chi connectivity index (χ1n) is 7.02. The molecule has 0 fully saturated rings. The summed E-state index contributed by atoms with van der Waals surface area (Å²) in [6, 6.07) is 7.93. The van der Waals surface area contributed by atoms with Gasteiger partial charge in [0.15, 0.2) is 5.82 Å². The summed E-state index contributed by atoms with van der Waals surface area (Å²) in [6.07, 6.45) is 1.01. The van der Waals surface area contributed by atoms with Crippen LogP contribution in [0.25, 0.3) is 16.2 Å². The van der Waals surface area contributed by atoms with E-state index in [0.717, 1.165) is 40.8 Å². The standard InChI is InChI=1S/C15H18N4OS/c1-3-8-20-12-6-4-11(5-7-12)13-9-21-15-18-17-14(10(2)16)19(13)15/h4-7,9-10H,3,8,16H2,1-2H3. The van der Waals surface area contributed by atoms with Crippen LogP contribution in [0.2, 0.25) is 0 Å². The first-order valence-corrected chi connectivity index (χ1v) is 7.90. The molecule has 0 aliphatic carbocycles. The van der Waals surface area contributed by atoms with Gasteiger partial charge in [0.05, 0.1) is 18.3 Å². The summed E-state index contributed by atoms with van der Waals surface area (Å²) in [5, 5.41) is 10.4. The lowest BCUT2D eigenvalue weighted by molar-refractivity contribution is 0.317. The number of ether oxygens (including phenoxy) is 1. The van der Waals surface area contributed by atoms with Crippen LogP contribution in [0, 0.1) is 0 Å². The van der Waals surface area contributed by atoms with Crippen LogP contribution in [-0.4, -0.2) is 21.2 Å². The zero-order valence-electron chi connectivity index (χ0n) is 12.1. The van der Waals surface area contributed by atoms with Crippen LogP contribution in [0.3, 0.4) is 0 Å². The molecular weight excluding hydrogens is 284 g/mol. The van der Waals surface area contributed by atoms with Crippen LogP contribution in [-0.2, 0) is 0 Å². The fourth-order valence-electron chi connectivity index (χ4n) is 2.18. The molecule has 1 unspecified atom stereocenters. The van der Waals surface area contributed by atoms with Gasteiger partial charge in [-0.15, -0.1) is 21.5 Å². The molecule has 6 heteroatoms. The van der Waals surface area contributed by atoms with Crippen LogP contribution in [0.5, 0.6) is 5.75 Å². The molecule has 0 bridgehead atoms. The van der Waals surface area contributed by atoms with Crippen LogP contribution >= 0.6 is 11.3 Å². The van der Waals surface area contributed by atoms with Crippen LogP contribution in [0.4, 0.5) is 0 Å². The Morgan fingerprint density at radius 1 is 1.29 bits per heavy atom. The molecule has 1 aromatic carbocycles. The lowest BCUT2D eigenvalue weighted by Crippen LogP contribution is -2.10. The predicted octanol–water partition coefficient (Wildman–Crippen LogP) is 3.27. The Morgan fingerprint density at radius 3 is 2.71 bits per heavy atom. The van der Waals surface area contributed by atoms with Crippen LogP contribution in [0.15, 0.2) is 29.6 Å². The quantitative estimate of drug-likeness (QED) is 0.785. The smallest absolute Gasteiger partial charge is 0.216 e. The monoisotopic (exact) mass is 302 g/mol. The van der Waals surface area contributed by atoms with Crippen molar-refractivity contribution < 1.29 is 4.74 Å². The molecule has 3 rings (SSSR count). The molecule has 5 nitrogen and oxygen atoms in total. The van der Waals surface area contributed by atoms with Gasteiger partial charge in [-0.1, -0.05) is 6.92 Å². The zero-order chi connectivity index (χ0) is 14.8. The van der Waals surface area contributed by atoms with Gasteiger partial charge in [-0.25, -0.2) is 0 Å². The number of fused-ring (bicyclic) bond motifs is 1. The Bertz CT molecular complexity index is 730. The zero-order valence-corrected chi connectivity index (χ0v) is 12.9. The minimum absolute atomic E-state index is 0.152. The predicted molar refractivity (Wildman–Crippen MR) is 84.7 cm³/mol. The molecule has 21 heavy (non-hydrogen) atoms. The molecule has 2 aromatic heterocycles. The second-order valence-corrected chi connectivity index (χ2v) is 5.80. The molecular formula is C15H18N4OS. The Balaban J connectivity index is 1.98. The summed E-state index contributed by atoms with van der Waals surface area (Å²) in [6.45, 7) is 4.75. The minimum atomic E-state index is -0.152. The van der Waals surface area contributed by atoms with E-state index >= 15 is 0 Å². The first kappa shape index (κ1) is 14.0. The van der Waals surface area contributed by atoms with Crippen LogP contribution in [0.1, 0.15) is 32.1 Å². The molecule has 0 radical (unpaired) electrons. The fraction of sp³-hybridized carbons (Fsp3) is 0.333. The van der Waals surface area contributed by atoms with E-state index in [0.29, 0.717) is 0 Å². The molecule has 2 N–H and O–H groups in total. The second kappa shape index (κ2) is 5.83. The van der Waals surface area contributed by atoms with Gasteiger partial charge in [0.25, 0.3) is 0 Å².